The van der Waals surface area contributed by atoms with Gasteiger partial charge < -0.3 is 5.32 Å². The Kier molecular flexibility index (Phi) is 8.85. The van der Waals surface area contributed by atoms with Crippen molar-refractivity contribution >= 4 is 39.2 Å². The van der Waals surface area contributed by atoms with Gasteiger partial charge in [0.2, 0.25) is 5.91 Å². The fourth-order valence-corrected chi connectivity index (χ4v) is 6.55. The van der Waals surface area contributed by atoms with Gasteiger partial charge in [-0.15, -0.1) is 0 Å². The average Bonchev–Trinajstić information content (AvgIpc) is 3.43. The van der Waals surface area contributed by atoms with E-state index in [-0.39, 0.29) is 32.9 Å². The fourth-order valence-electron chi connectivity index (χ4n) is 6.55. The van der Waals surface area contributed by atoms with E-state index in [1.807, 2.05) is 32.9 Å². The van der Waals surface area contributed by atoms with Crippen molar-refractivity contribution in [3.05, 3.63) is 119 Å². The van der Waals surface area contributed by atoms with Gasteiger partial charge in [-0.25, -0.2) is 4.57 Å². The first-order valence-corrected chi connectivity index (χ1v) is 16.0. The summed E-state index contributed by atoms with van der Waals surface area (Å²) in [4.78, 5) is 66.3. The number of hydrogen-bond donors (Lipinski definition) is 1. The van der Waals surface area contributed by atoms with Crippen LogP contribution < -0.4 is 27.6 Å². The highest BCUT2D eigenvalue weighted by molar-refractivity contribution is 6.02. The normalized spacial score (nSPS) is 13.5. The van der Waals surface area contributed by atoms with E-state index in [1.54, 1.807) is 30.3 Å². The minimum Gasteiger partial charge on any atom is -0.323 e. The van der Waals surface area contributed by atoms with Crippen molar-refractivity contribution in [1.29, 1.82) is 0 Å². The minimum atomic E-state index is -0.656. The third kappa shape index (κ3) is 5.80. The standard InChI is InChI=1S/C38H41N3O5/c1-7-20-37(4,5)25-13-10-24(11-14-25)12-19-32(42)39-26-15-17-27(18-16-26)40-33(43)28-22-30-31(23-29(28)34(40)44)36(46)41(35(30)45)38(6,9-3)21-8-2/h10-19,22-23H,7-9,20-21H2,1-6H3,(H,39,42)/b19-12+. The first-order valence-electron chi connectivity index (χ1n) is 16.0. The number of benzene rings is 3. The van der Waals surface area contributed by atoms with Crippen LogP contribution in [0.4, 0.5) is 5.69 Å². The first kappa shape index (κ1) is 32.5. The highest BCUT2D eigenvalue weighted by Gasteiger charge is 2.30. The van der Waals surface area contributed by atoms with Gasteiger partial charge in [0.05, 0.1) is 27.2 Å². The Bertz CT molecular complexity index is 2080. The van der Waals surface area contributed by atoms with Gasteiger partial charge >= 0.3 is 0 Å². The van der Waals surface area contributed by atoms with E-state index in [0.717, 1.165) is 29.4 Å². The van der Waals surface area contributed by atoms with Gasteiger partial charge in [-0.2, -0.15) is 0 Å². The lowest BCUT2D eigenvalue weighted by Gasteiger charge is -2.28. The summed E-state index contributed by atoms with van der Waals surface area (Å²) in [6.45, 7) is 12.5. The molecule has 1 N–H and O–H groups in total. The molecule has 0 spiro atoms. The number of amides is 1. The number of aromatic nitrogens is 2. The molecule has 1 amide bonds. The van der Waals surface area contributed by atoms with E-state index < -0.39 is 27.8 Å². The van der Waals surface area contributed by atoms with Gasteiger partial charge in [-0.1, -0.05) is 71.7 Å². The molecule has 0 fully saturated rings. The molecule has 238 valence electrons. The zero-order valence-corrected chi connectivity index (χ0v) is 27.4. The van der Waals surface area contributed by atoms with Crippen LogP contribution in [0, 0.1) is 0 Å². The predicted molar refractivity (Wildman–Crippen MR) is 187 cm³/mol. The van der Waals surface area contributed by atoms with Crippen LogP contribution in [0.3, 0.4) is 0 Å². The van der Waals surface area contributed by atoms with Crippen molar-refractivity contribution in [3.63, 3.8) is 0 Å². The second-order valence-electron chi connectivity index (χ2n) is 13.1. The van der Waals surface area contributed by atoms with Gasteiger partial charge in [-0.3, -0.25) is 28.5 Å². The molecule has 5 aromatic rings. The maximum atomic E-state index is 13.4. The van der Waals surface area contributed by atoms with Crippen molar-refractivity contribution in [2.24, 2.45) is 0 Å². The summed E-state index contributed by atoms with van der Waals surface area (Å²) < 4.78 is 2.31. The molecule has 5 rings (SSSR count). The lowest BCUT2D eigenvalue weighted by molar-refractivity contribution is -0.111. The van der Waals surface area contributed by atoms with Crippen LogP contribution in [0.1, 0.15) is 84.8 Å². The van der Waals surface area contributed by atoms with Crippen molar-refractivity contribution < 1.29 is 4.79 Å². The van der Waals surface area contributed by atoms with Crippen LogP contribution in [-0.4, -0.2) is 15.0 Å². The van der Waals surface area contributed by atoms with Crippen LogP contribution >= 0.6 is 0 Å². The Morgan fingerprint density at radius 2 is 1.24 bits per heavy atom. The largest absolute Gasteiger partial charge is 0.323 e. The Morgan fingerprint density at radius 1 is 0.717 bits per heavy atom. The summed E-state index contributed by atoms with van der Waals surface area (Å²) >= 11 is 0. The molecule has 0 aliphatic carbocycles. The van der Waals surface area contributed by atoms with Gasteiger partial charge in [0, 0.05) is 17.3 Å². The van der Waals surface area contributed by atoms with E-state index in [0.29, 0.717) is 24.2 Å². The molecular formula is C38H41N3O5. The molecule has 0 radical (unpaired) electrons. The molecule has 8 nitrogen and oxygen atoms in total. The van der Waals surface area contributed by atoms with Crippen LogP contribution in [-0.2, 0) is 15.7 Å². The Labute approximate surface area is 267 Å². The van der Waals surface area contributed by atoms with Crippen molar-refractivity contribution in [2.75, 3.05) is 5.32 Å². The van der Waals surface area contributed by atoms with Crippen LogP contribution in [0.15, 0.2) is 85.9 Å². The molecule has 2 aromatic heterocycles. The monoisotopic (exact) mass is 619 g/mol. The Hall–Kier alpha value is -4.85. The summed E-state index contributed by atoms with van der Waals surface area (Å²) in [6.07, 6.45) is 7.45. The van der Waals surface area contributed by atoms with E-state index in [2.05, 4.69) is 38.2 Å². The number of anilines is 1. The predicted octanol–water partition coefficient (Wildman–Crippen LogP) is 6.56. The van der Waals surface area contributed by atoms with E-state index >= 15 is 0 Å². The zero-order valence-electron chi connectivity index (χ0n) is 27.4. The number of rotatable bonds is 11. The second kappa shape index (κ2) is 12.5. The zero-order chi connectivity index (χ0) is 33.4. The number of fused-ring (bicyclic) bond motifs is 2. The third-order valence-corrected chi connectivity index (χ3v) is 9.37. The third-order valence-electron chi connectivity index (χ3n) is 9.37. The number of nitrogens with one attached hydrogen (secondary N) is 1. The second-order valence-corrected chi connectivity index (χ2v) is 13.1. The summed E-state index contributed by atoms with van der Waals surface area (Å²) in [5.74, 6) is -0.320. The summed E-state index contributed by atoms with van der Waals surface area (Å²) in [7, 11) is 0. The molecule has 1 unspecified atom stereocenters. The van der Waals surface area contributed by atoms with Crippen LogP contribution in [0.2, 0.25) is 0 Å². The minimum absolute atomic E-state index is 0.0879. The topological polar surface area (TPSA) is 107 Å². The lowest BCUT2D eigenvalue weighted by atomic mass is 9.80. The molecule has 0 saturated heterocycles. The molecule has 0 aliphatic heterocycles. The fraction of sp³-hybridized carbons (Fsp3) is 0.342. The molecule has 8 heteroatoms. The molecular weight excluding hydrogens is 578 g/mol. The van der Waals surface area contributed by atoms with Crippen LogP contribution in [0.25, 0.3) is 33.3 Å². The number of carbonyl (C=O) groups excluding carboxylic acids is 1. The lowest BCUT2D eigenvalue weighted by Crippen LogP contribution is -2.42. The summed E-state index contributed by atoms with van der Waals surface area (Å²) in [5, 5.41) is 3.26. The number of nitrogens with zero attached hydrogens (tertiary/aromatic N) is 2. The summed E-state index contributed by atoms with van der Waals surface area (Å²) in [6, 6.07) is 17.3. The van der Waals surface area contributed by atoms with E-state index in [9.17, 15) is 24.0 Å². The quantitative estimate of drug-likeness (QED) is 0.169. The molecule has 2 heterocycles. The molecule has 1 atom stereocenters. The highest BCUT2D eigenvalue weighted by Crippen LogP contribution is 2.29. The van der Waals surface area contributed by atoms with Gasteiger partial charge in [0.25, 0.3) is 22.2 Å². The maximum absolute atomic E-state index is 13.4. The van der Waals surface area contributed by atoms with Crippen molar-refractivity contribution in [3.8, 4) is 5.69 Å². The van der Waals surface area contributed by atoms with Crippen molar-refractivity contribution in [1.82, 2.24) is 9.13 Å². The number of carbonyl (C=O) groups is 1. The number of hydrogen-bond acceptors (Lipinski definition) is 5. The highest BCUT2D eigenvalue weighted by atomic mass is 16.2. The average molecular weight is 620 g/mol. The Morgan fingerprint density at radius 3 is 1.74 bits per heavy atom. The molecule has 3 aromatic carbocycles. The van der Waals surface area contributed by atoms with E-state index in [1.165, 1.54) is 28.3 Å². The molecule has 46 heavy (non-hydrogen) atoms. The van der Waals surface area contributed by atoms with Crippen molar-refractivity contribution in [2.45, 2.75) is 84.6 Å². The Balaban J connectivity index is 1.38. The molecule has 0 saturated carbocycles. The first-order chi connectivity index (χ1) is 21.8. The van der Waals surface area contributed by atoms with Gasteiger partial charge in [-0.05, 0) is 85.2 Å². The van der Waals surface area contributed by atoms with Gasteiger partial charge in [0.1, 0.15) is 0 Å². The van der Waals surface area contributed by atoms with E-state index in [4.69, 9.17) is 0 Å². The van der Waals surface area contributed by atoms with Gasteiger partial charge in [0.15, 0.2) is 0 Å². The smallest absolute Gasteiger partial charge is 0.266 e. The maximum Gasteiger partial charge on any atom is 0.266 e. The summed E-state index contributed by atoms with van der Waals surface area (Å²) in [5.41, 5.74) is 0.384. The SMILES string of the molecule is CCCC(C)(C)c1ccc(/C=C/C(=O)Nc2ccc(-n3c(=O)c4cc5c(=O)n(C(C)(CC)CCC)c(=O)c5cc4c3=O)cc2)cc1. The molecule has 0 bridgehead atoms. The van der Waals surface area contributed by atoms with Crippen LogP contribution in [0.5, 0.6) is 0 Å². The molecule has 0 aliphatic rings.